The number of nitrogens with one attached hydrogen (secondary N) is 2. The Balaban J connectivity index is 1.10. The maximum Gasteiger partial charge on any atom is 0.410 e. The van der Waals surface area contributed by atoms with Crippen LogP contribution in [0.1, 0.15) is 58.7 Å². The Hall–Kier alpha value is -5.08. The summed E-state index contributed by atoms with van der Waals surface area (Å²) < 4.78 is 50.1. The van der Waals surface area contributed by atoms with Crippen LogP contribution in [0.15, 0.2) is 54.6 Å². The highest BCUT2D eigenvalue weighted by Crippen LogP contribution is 2.32. The predicted molar refractivity (Wildman–Crippen MR) is 201 cm³/mol. The highest BCUT2D eigenvalue weighted by atomic mass is 32.1. The van der Waals surface area contributed by atoms with Crippen molar-refractivity contribution in [2.45, 2.75) is 64.8 Å². The van der Waals surface area contributed by atoms with Gasteiger partial charge in [0.25, 0.3) is 5.91 Å². The van der Waals surface area contributed by atoms with Gasteiger partial charge in [-0.2, -0.15) is 5.10 Å². The zero-order valence-electron chi connectivity index (χ0n) is 33.1. The molecule has 12 nitrogen and oxygen atoms in total. The third-order valence-electron chi connectivity index (χ3n) is 9.69. The molecular formula is C39H44FN7O5S. The van der Waals surface area contributed by atoms with Crippen LogP contribution < -0.4 is 10.1 Å². The van der Waals surface area contributed by atoms with E-state index in [0.29, 0.717) is 24.1 Å². The fraction of sp³-hybridized carbons (Fsp3) is 0.410. The monoisotopic (exact) mass is 744 g/mol. The normalized spacial score (nSPS) is 19.5. The van der Waals surface area contributed by atoms with Crippen LogP contribution in [0.25, 0.3) is 32.4 Å². The Bertz CT molecular complexity index is 2280. The fourth-order valence-electron chi connectivity index (χ4n) is 7.08. The van der Waals surface area contributed by atoms with Gasteiger partial charge in [0.2, 0.25) is 5.91 Å². The molecule has 5 aromatic rings. The first-order valence-electron chi connectivity index (χ1n) is 19.1. The summed E-state index contributed by atoms with van der Waals surface area (Å²) >= 11 is 1.60. The first kappa shape index (κ1) is 32.6. The summed E-state index contributed by atoms with van der Waals surface area (Å²) in [5.41, 5.74) is 3.05. The van der Waals surface area contributed by atoms with E-state index in [0.717, 1.165) is 31.7 Å². The van der Waals surface area contributed by atoms with Gasteiger partial charge in [-0.1, -0.05) is 12.1 Å². The molecule has 2 saturated heterocycles. The van der Waals surface area contributed by atoms with Crippen LogP contribution in [0.5, 0.6) is 5.75 Å². The van der Waals surface area contributed by atoms with E-state index in [1.54, 1.807) is 58.9 Å². The minimum atomic E-state index is -2.83. The summed E-state index contributed by atoms with van der Waals surface area (Å²) in [5, 5.41) is 12.5. The summed E-state index contributed by atoms with van der Waals surface area (Å²) in [7, 11) is -2.83. The summed E-state index contributed by atoms with van der Waals surface area (Å²) in [5.74, 6) is -1.35. The van der Waals surface area contributed by atoms with Gasteiger partial charge in [0.1, 0.15) is 17.2 Å². The predicted octanol–water partition coefficient (Wildman–Crippen LogP) is 6.14. The number of fused-ring (bicyclic) bond motifs is 2. The summed E-state index contributed by atoms with van der Waals surface area (Å²) in [6, 6.07) is 14.1. The number of hydrogen-bond donors (Lipinski definition) is 2. The molecule has 2 atom stereocenters. The maximum absolute atomic E-state index is 15.4. The number of methoxy groups -OCH3 is 1. The minimum Gasteiger partial charge on any atom is -0.496 e. The standard InChI is InChI=1S/C39H44FN7O5S/c1-23-41-31-13-9-24(20-34(31)53-23)35-27-19-25(10-12-30(27)43-44-35)36(48)42-26-11-14-32(47(21-26)22-28-29(40)7-6-8-33(28)51-5)37(49)45-15-17-46(18-16-45)38(50)52-39(2,3)4/h6-10,12-13,19-20,26,32H,11,14-18,21-22H2,1-5H3,(H,42,48)(H,43,44)/t26-,32+/m1/s1/i5D3. The Morgan fingerprint density at radius 3 is 2.62 bits per heavy atom. The molecule has 0 saturated carbocycles. The Labute approximate surface area is 315 Å². The minimum absolute atomic E-state index is 0.00670. The summed E-state index contributed by atoms with van der Waals surface area (Å²) in [6.45, 7) is 8.52. The van der Waals surface area contributed by atoms with Crippen molar-refractivity contribution in [1.82, 2.24) is 35.2 Å². The van der Waals surface area contributed by atoms with E-state index in [1.807, 2.05) is 31.2 Å². The molecule has 2 fully saturated rings. The number of amides is 3. The lowest BCUT2D eigenvalue weighted by Gasteiger charge is -2.43. The van der Waals surface area contributed by atoms with Gasteiger partial charge in [-0.15, -0.1) is 11.3 Å². The van der Waals surface area contributed by atoms with Crippen molar-refractivity contribution in [2.75, 3.05) is 39.8 Å². The number of likely N-dealkylation sites (tertiary alicyclic amines) is 1. The lowest BCUT2D eigenvalue weighted by molar-refractivity contribution is -0.140. The van der Waals surface area contributed by atoms with Crippen LogP contribution in [0.2, 0.25) is 0 Å². The number of nitrogens with zero attached hydrogens (tertiary/aromatic N) is 5. The quantitative estimate of drug-likeness (QED) is 0.203. The largest absolute Gasteiger partial charge is 0.496 e. The first-order valence-corrected chi connectivity index (χ1v) is 18.5. The second-order valence-corrected chi connectivity index (χ2v) is 15.8. The number of aryl methyl sites for hydroxylation is 1. The van der Waals surface area contributed by atoms with Crippen LogP contribution in [0.3, 0.4) is 0 Å². The molecule has 0 spiro atoms. The molecule has 3 aromatic carbocycles. The molecule has 0 bridgehead atoms. The Kier molecular flexibility index (Phi) is 9.06. The molecule has 2 N–H and O–H groups in total. The second-order valence-electron chi connectivity index (χ2n) is 14.6. The Morgan fingerprint density at radius 2 is 1.85 bits per heavy atom. The molecule has 0 radical (unpaired) electrons. The van der Waals surface area contributed by atoms with Crippen molar-refractivity contribution in [1.29, 1.82) is 0 Å². The smallest absolute Gasteiger partial charge is 0.410 e. The van der Waals surface area contributed by atoms with E-state index in [2.05, 4.69) is 20.5 Å². The van der Waals surface area contributed by atoms with Crippen LogP contribution >= 0.6 is 11.3 Å². The number of ether oxygens (including phenoxy) is 2. The zero-order valence-corrected chi connectivity index (χ0v) is 30.9. The molecule has 278 valence electrons. The lowest BCUT2D eigenvalue weighted by atomic mass is 9.95. The van der Waals surface area contributed by atoms with E-state index >= 15 is 4.39 Å². The number of aromatic amines is 1. The molecule has 7 rings (SSSR count). The van der Waals surface area contributed by atoms with Crippen molar-refractivity contribution in [3.63, 3.8) is 0 Å². The van der Waals surface area contributed by atoms with Gasteiger partial charge < -0.3 is 24.6 Å². The number of hydrogen-bond acceptors (Lipinski definition) is 9. The molecule has 14 heteroatoms. The van der Waals surface area contributed by atoms with Gasteiger partial charge in [0.15, 0.2) is 0 Å². The van der Waals surface area contributed by atoms with E-state index in [4.69, 9.17) is 13.6 Å². The molecule has 2 aliphatic heterocycles. The molecule has 4 heterocycles. The molecule has 2 aromatic heterocycles. The van der Waals surface area contributed by atoms with E-state index in [-0.39, 0.29) is 62.4 Å². The number of rotatable bonds is 7. The van der Waals surface area contributed by atoms with Gasteiger partial charge in [0.05, 0.1) is 43.6 Å². The highest BCUT2D eigenvalue weighted by Gasteiger charge is 2.38. The number of piperidine rings is 1. The van der Waals surface area contributed by atoms with E-state index in [1.165, 1.54) is 18.2 Å². The number of thiazole rings is 1. The maximum atomic E-state index is 15.4. The number of H-pyrrole nitrogens is 1. The third kappa shape index (κ3) is 7.84. The fourth-order valence-corrected chi connectivity index (χ4v) is 7.95. The topological polar surface area (TPSA) is 133 Å². The summed E-state index contributed by atoms with van der Waals surface area (Å²) in [6.07, 6.45) is 0.351. The molecule has 3 amide bonds. The van der Waals surface area contributed by atoms with Gasteiger partial charge >= 0.3 is 6.09 Å². The van der Waals surface area contributed by atoms with Gasteiger partial charge in [-0.3, -0.25) is 19.6 Å². The summed E-state index contributed by atoms with van der Waals surface area (Å²) in [4.78, 5) is 50.3. The first-order chi connectivity index (χ1) is 26.5. The van der Waals surface area contributed by atoms with Crippen LogP contribution in [0.4, 0.5) is 9.18 Å². The number of benzene rings is 3. The van der Waals surface area contributed by atoms with Gasteiger partial charge in [-0.25, -0.2) is 14.2 Å². The molecule has 0 aliphatic carbocycles. The number of piperazine rings is 1. The van der Waals surface area contributed by atoms with E-state index in [9.17, 15) is 14.4 Å². The lowest BCUT2D eigenvalue weighted by Crippen LogP contribution is -2.59. The number of carbonyl (C=O) groups excluding carboxylic acids is 3. The average molecular weight is 745 g/mol. The molecule has 2 aliphatic rings. The molecular weight excluding hydrogens is 698 g/mol. The van der Waals surface area contributed by atoms with Crippen molar-refractivity contribution >= 4 is 50.4 Å². The number of halogens is 1. The van der Waals surface area contributed by atoms with Crippen molar-refractivity contribution in [2.24, 2.45) is 0 Å². The van der Waals surface area contributed by atoms with Crippen LogP contribution in [0, 0.1) is 12.7 Å². The van der Waals surface area contributed by atoms with Crippen molar-refractivity contribution < 1.29 is 32.4 Å². The third-order valence-corrected chi connectivity index (χ3v) is 10.6. The number of aromatic nitrogens is 3. The Morgan fingerprint density at radius 1 is 1.06 bits per heavy atom. The van der Waals surface area contributed by atoms with Gasteiger partial charge in [0, 0.05) is 67.4 Å². The number of carbonyl (C=O) groups is 3. The van der Waals surface area contributed by atoms with Gasteiger partial charge in [-0.05, 0) is 83.0 Å². The van der Waals surface area contributed by atoms with Crippen molar-refractivity contribution in [3.8, 4) is 17.0 Å². The van der Waals surface area contributed by atoms with Crippen LogP contribution in [-0.2, 0) is 16.1 Å². The molecule has 0 unspecified atom stereocenters. The van der Waals surface area contributed by atoms with Crippen molar-refractivity contribution in [3.05, 3.63) is 76.5 Å². The highest BCUT2D eigenvalue weighted by molar-refractivity contribution is 7.18. The zero-order chi connectivity index (χ0) is 39.9. The SMILES string of the molecule is [2H]C([2H])([2H])Oc1cccc(F)c1CN1C[C@H](NC(=O)c2ccc3[nH]nc(-c4ccc5nc(C)sc5c4)c3c2)CC[C@H]1C(=O)N1CCN(C(=O)OC(C)(C)C)CC1. The van der Waals surface area contributed by atoms with Crippen LogP contribution in [-0.4, -0.2) is 105 Å². The average Bonchev–Trinajstić information content (AvgIpc) is 3.73. The molecule has 53 heavy (non-hydrogen) atoms. The second kappa shape index (κ2) is 14.7. The van der Waals surface area contributed by atoms with E-state index < -0.39 is 36.6 Å².